The monoisotopic (exact) mass is 392 g/mol. The Kier molecular flexibility index (Phi) is 5.92. The second-order valence-corrected chi connectivity index (χ2v) is 6.42. The van der Waals surface area contributed by atoms with Crippen molar-refractivity contribution < 1.29 is 39.6 Å². The van der Waals surface area contributed by atoms with E-state index in [-0.39, 0.29) is 37.1 Å². The Bertz CT molecular complexity index is 889. The molecule has 28 heavy (non-hydrogen) atoms. The van der Waals surface area contributed by atoms with Crippen molar-refractivity contribution in [3.63, 3.8) is 0 Å². The van der Waals surface area contributed by atoms with Crippen molar-refractivity contribution in [1.82, 2.24) is 9.97 Å². The summed E-state index contributed by atoms with van der Waals surface area (Å²) in [6, 6.07) is 0. The van der Waals surface area contributed by atoms with Crippen LogP contribution in [0.25, 0.3) is 0 Å². The van der Waals surface area contributed by atoms with Crippen LogP contribution < -0.4 is 0 Å². The summed E-state index contributed by atoms with van der Waals surface area (Å²) in [5.74, 6) is -4.66. The molecular weight excluding hydrogens is 372 g/mol. The first-order valence-electron chi connectivity index (χ1n) is 8.33. The summed E-state index contributed by atoms with van der Waals surface area (Å²) in [7, 11) is 0. The summed E-state index contributed by atoms with van der Waals surface area (Å²) in [5, 5.41) is 36.7. The van der Waals surface area contributed by atoms with E-state index < -0.39 is 23.9 Å². The van der Waals surface area contributed by atoms with Crippen molar-refractivity contribution in [3.8, 4) is 0 Å². The normalized spacial score (nSPS) is 10.8. The van der Waals surface area contributed by atoms with Gasteiger partial charge >= 0.3 is 23.9 Å². The number of carboxylic acid groups (broad SMARTS) is 4. The number of H-pyrrole nitrogens is 2. The Morgan fingerprint density at radius 2 is 1.00 bits per heavy atom. The first-order chi connectivity index (χ1) is 13.0. The number of nitrogens with one attached hydrogen (secondary N) is 2. The van der Waals surface area contributed by atoms with Crippen LogP contribution >= 0.6 is 0 Å². The Balaban J connectivity index is 2.40. The maximum atomic E-state index is 11.3. The van der Waals surface area contributed by atoms with Crippen LogP contribution in [0.4, 0.5) is 0 Å². The molecule has 0 saturated heterocycles. The minimum atomic E-state index is -1.22. The van der Waals surface area contributed by atoms with E-state index in [1.807, 2.05) is 0 Å². The number of rotatable bonds is 9. The SMILES string of the molecule is Cc1c(C(=O)O)[nH]c(CCc2[nH]c(C(=O)O)c(C)c2CC(=O)O)c1CC(=O)O. The molecule has 2 aromatic rings. The topological polar surface area (TPSA) is 181 Å². The van der Waals surface area contributed by atoms with E-state index in [9.17, 15) is 29.4 Å². The van der Waals surface area contributed by atoms with E-state index in [0.717, 1.165) is 0 Å². The second-order valence-electron chi connectivity index (χ2n) is 6.42. The highest BCUT2D eigenvalue weighted by Crippen LogP contribution is 2.24. The summed E-state index contributed by atoms with van der Waals surface area (Å²) >= 11 is 0. The zero-order valence-corrected chi connectivity index (χ0v) is 15.3. The highest BCUT2D eigenvalue weighted by atomic mass is 16.4. The number of hydrogen-bond acceptors (Lipinski definition) is 4. The van der Waals surface area contributed by atoms with Crippen LogP contribution in [0.5, 0.6) is 0 Å². The predicted molar refractivity (Wildman–Crippen MR) is 95.1 cm³/mol. The number of aromatic amines is 2. The third-order valence-corrected chi connectivity index (χ3v) is 4.64. The first-order valence-corrected chi connectivity index (χ1v) is 8.33. The molecule has 2 heterocycles. The molecule has 10 heteroatoms. The lowest BCUT2D eigenvalue weighted by atomic mass is 10.0. The Labute approximate surface area is 158 Å². The number of aliphatic carboxylic acids is 2. The summed E-state index contributed by atoms with van der Waals surface area (Å²) < 4.78 is 0. The van der Waals surface area contributed by atoms with Gasteiger partial charge in [0.25, 0.3) is 0 Å². The van der Waals surface area contributed by atoms with Gasteiger partial charge in [0, 0.05) is 11.4 Å². The molecule has 6 N–H and O–H groups in total. The zero-order chi connectivity index (χ0) is 21.2. The van der Waals surface area contributed by atoms with Crippen LogP contribution in [0, 0.1) is 13.8 Å². The molecule has 0 fully saturated rings. The van der Waals surface area contributed by atoms with Gasteiger partial charge in [-0.05, 0) is 48.9 Å². The number of aromatic carboxylic acids is 2. The van der Waals surface area contributed by atoms with E-state index >= 15 is 0 Å². The maximum absolute atomic E-state index is 11.3. The van der Waals surface area contributed by atoms with Gasteiger partial charge in [0.1, 0.15) is 11.4 Å². The van der Waals surface area contributed by atoms with Gasteiger partial charge in [-0.2, -0.15) is 0 Å². The molecule has 0 aliphatic heterocycles. The highest BCUT2D eigenvalue weighted by Gasteiger charge is 2.23. The van der Waals surface area contributed by atoms with Crippen LogP contribution in [-0.4, -0.2) is 54.3 Å². The van der Waals surface area contributed by atoms with Gasteiger partial charge in [-0.3, -0.25) is 9.59 Å². The summed E-state index contributed by atoms with van der Waals surface area (Å²) in [5.41, 5.74) is 1.95. The van der Waals surface area contributed by atoms with E-state index in [4.69, 9.17) is 10.2 Å². The lowest BCUT2D eigenvalue weighted by Gasteiger charge is -2.05. The average molecular weight is 392 g/mol. The van der Waals surface area contributed by atoms with Crippen molar-refractivity contribution in [2.24, 2.45) is 0 Å². The van der Waals surface area contributed by atoms with Crippen molar-refractivity contribution in [3.05, 3.63) is 45.0 Å². The van der Waals surface area contributed by atoms with Crippen LogP contribution in [0.1, 0.15) is 54.6 Å². The fourth-order valence-corrected chi connectivity index (χ4v) is 3.28. The molecule has 2 rings (SSSR count). The van der Waals surface area contributed by atoms with Gasteiger partial charge in [0.2, 0.25) is 0 Å². The van der Waals surface area contributed by atoms with Crippen molar-refractivity contribution in [2.75, 3.05) is 0 Å². The molecule has 0 spiro atoms. The molecule has 0 bridgehead atoms. The van der Waals surface area contributed by atoms with Crippen molar-refractivity contribution in [1.29, 1.82) is 0 Å². The second kappa shape index (κ2) is 7.99. The van der Waals surface area contributed by atoms with Crippen LogP contribution in [0.2, 0.25) is 0 Å². The van der Waals surface area contributed by atoms with Gasteiger partial charge in [-0.25, -0.2) is 9.59 Å². The van der Waals surface area contributed by atoms with Gasteiger partial charge in [-0.15, -0.1) is 0 Å². The lowest BCUT2D eigenvalue weighted by Crippen LogP contribution is -2.07. The minimum absolute atomic E-state index is 0.106. The van der Waals surface area contributed by atoms with E-state index in [1.54, 1.807) is 0 Å². The fourth-order valence-electron chi connectivity index (χ4n) is 3.28. The molecule has 0 amide bonds. The van der Waals surface area contributed by atoms with Gasteiger partial charge in [0.15, 0.2) is 0 Å². The van der Waals surface area contributed by atoms with Gasteiger partial charge in [-0.1, -0.05) is 0 Å². The first kappa shape index (κ1) is 20.7. The lowest BCUT2D eigenvalue weighted by molar-refractivity contribution is -0.137. The Morgan fingerprint density at radius 3 is 1.25 bits per heavy atom. The quantitative estimate of drug-likeness (QED) is 0.370. The average Bonchev–Trinajstić information content (AvgIpc) is 3.04. The molecular formula is C18H20N2O8. The third kappa shape index (κ3) is 4.22. The molecule has 150 valence electrons. The van der Waals surface area contributed by atoms with Crippen LogP contribution in [0.15, 0.2) is 0 Å². The van der Waals surface area contributed by atoms with E-state index in [0.29, 0.717) is 33.6 Å². The molecule has 0 aliphatic carbocycles. The highest BCUT2D eigenvalue weighted by molar-refractivity contribution is 5.89. The zero-order valence-electron chi connectivity index (χ0n) is 15.3. The van der Waals surface area contributed by atoms with Crippen LogP contribution in [0.3, 0.4) is 0 Å². The van der Waals surface area contributed by atoms with E-state index in [1.165, 1.54) is 13.8 Å². The van der Waals surface area contributed by atoms with Gasteiger partial charge in [0.05, 0.1) is 12.8 Å². The Morgan fingerprint density at radius 1 is 0.679 bits per heavy atom. The minimum Gasteiger partial charge on any atom is -0.481 e. The largest absolute Gasteiger partial charge is 0.481 e. The smallest absolute Gasteiger partial charge is 0.352 e. The predicted octanol–water partition coefficient (Wildman–Crippen LogP) is 1.40. The molecule has 0 aromatic carbocycles. The molecule has 0 radical (unpaired) electrons. The standard InChI is InChI=1S/C18H20N2O8/c1-7-9(5-13(21)22)11(19-15(7)17(25)26)3-4-12-10(6-14(23)24)8(2)16(20-12)18(27)28/h19-20H,3-6H2,1-2H3,(H,21,22)(H,23,24)(H,25,26)(H,27,28). The Hall–Kier alpha value is -3.56. The molecule has 0 aliphatic rings. The van der Waals surface area contributed by atoms with Crippen molar-refractivity contribution in [2.45, 2.75) is 39.5 Å². The number of carboxylic acids is 4. The molecule has 10 nitrogen and oxygen atoms in total. The number of carbonyl (C=O) groups is 4. The summed E-state index contributed by atoms with van der Waals surface area (Å²) in [4.78, 5) is 50.4. The van der Waals surface area contributed by atoms with E-state index in [2.05, 4.69) is 9.97 Å². The molecule has 2 aromatic heterocycles. The van der Waals surface area contributed by atoms with Crippen LogP contribution in [-0.2, 0) is 35.3 Å². The fraction of sp³-hybridized carbons (Fsp3) is 0.333. The molecule has 0 unspecified atom stereocenters. The number of hydrogen-bond donors (Lipinski definition) is 6. The third-order valence-electron chi connectivity index (χ3n) is 4.64. The maximum Gasteiger partial charge on any atom is 0.352 e. The molecule has 0 atom stereocenters. The number of aryl methyl sites for hydroxylation is 2. The van der Waals surface area contributed by atoms with Crippen molar-refractivity contribution >= 4 is 23.9 Å². The summed E-state index contributed by atoms with van der Waals surface area (Å²) in [6.45, 7) is 3.03. The molecule has 0 saturated carbocycles. The number of aromatic nitrogens is 2. The van der Waals surface area contributed by atoms with Gasteiger partial charge < -0.3 is 30.4 Å². The summed E-state index contributed by atoms with van der Waals surface area (Å²) in [6.07, 6.45) is -0.362.